The van der Waals surface area contributed by atoms with E-state index in [0.29, 0.717) is 69.2 Å². The van der Waals surface area contributed by atoms with Gasteiger partial charge in [-0.15, -0.1) is 11.3 Å². The molecule has 0 aliphatic heterocycles. The van der Waals surface area contributed by atoms with Gasteiger partial charge in [0, 0.05) is 17.0 Å². The smallest absolute Gasteiger partial charge is 0.151 e. The minimum Gasteiger partial charge on any atom is -0.383 e. The van der Waals surface area contributed by atoms with Crippen molar-refractivity contribution >= 4 is 44.8 Å². The van der Waals surface area contributed by atoms with E-state index in [1.165, 1.54) is 17.4 Å². The fourth-order valence-electron chi connectivity index (χ4n) is 4.95. The van der Waals surface area contributed by atoms with E-state index in [1.807, 2.05) is 6.07 Å². The molecule has 2 fully saturated rings. The first-order valence-corrected chi connectivity index (χ1v) is 13.7. The lowest BCUT2D eigenvalue weighted by Crippen LogP contribution is -2.34. The van der Waals surface area contributed by atoms with Crippen LogP contribution in [0.5, 0.6) is 0 Å². The second-order valence-electron chi connectivity index (χ2n) is 9.72. The third kappa shape index (κ3) is 4.64. The maximum Gasteiger partial charge on any atom is 0.151 e. The zero-order chi connectivity index (χ0) is 25.7. The van der Waals surface area contributed by atoms with Crippen LogP contribution in [0.4, 0.5) is 4.39 Å². The number of aliphatic hydroxyl groups is 1. The highest BCUT2D eigenvalue weighted by atomic mass is 35.5. The number of fused-ring (bicyclic) bond motifs is 1. The fourth-order valence-corrected chi connectivity index (χ4v) is 6.69. The van der Waals surface area contributed by atoms with Crippen LogP contribution in [-0.4, -0.2) is 21.4 Å². The zero-order valence-corrected chi connectivity index (χ0v) is 22.0. The maximum atomic E-state index is 14.4. The second-order valence-corrected chi connectivity index (χ2v) is 11.6. The molecule has 0 unspecified atom stereocenters. The first kappa shape index (κ1) is 24.8. The third-order valence-corrected chi connectivity index (χ3v) is 8.99. The molecule has 190 valence electrons. The standard InChI is InChI=1S/C27H22Cl2FN3O3S/c28-18-2-1-3-19(29)22(18)23-17(25(36-33-23)15-4-5-15)13-35-16-6-8-27(34,9-7-16)26-32-24-20(30)10-14(12-31)11-21(24)37-26/h1-3,10-11,15-16,34H,4-9,13H2. The zero-order valence-electron chi connectivity index (χ0n) is 19.6. The molecule has 0 radical (unpaired) electrons. The van der Waals surface area contributed by atoms with Crippen LogP contribution in [0.2, 0.25) is 10.0 Å². The molecule has 6 nitrogen and oxygen atoms in total. The summed E-state index contributed by atoms with van der Waals surface area (Å²) in [5.74, 6) is 0.608. The number of ether oxygens (including phenoxy) is 1. The number of hydrogen-bond donors (Lipinski definition) is 1. The van der Waals surface area contributed by atoms with Gasteiger partial charge in [-0.1, -0.05) is 34.4 Å². The summed E-state index contributed by atoms with van der Waals surface area (Å²) in [7, 11) is 0. The highest BCUT2D eigenvalue weighted by molar-refractivity contribution is 7.18. The largest absolute Gasteiger partial charge is 0.383 e. The molecular weight excluding hydrogens is 536 g/mol. The van der Waals surface area contributed by atoms with Crippen molar-refractivity contribution < 1.29 is 18.8 Å². The van der Waals surface area contributed by atoms with Crippen molar-refractivity contribution in [1.29, 1.82) is 5.26 Å². The van der Waals surface area contributed by atoms with Crippen molar-refractivity contribution in [1.82, 2.24) is 10.1 Å². The molecule has 0 saturated heterocycles. The van der Waals surface area contributed by atoms with Crippen LogP contribution in [0.15, 0.2) is 34.9 Å². The summed E-state index contributed by atoms with van der Waals surface area (Å²) in [5.41, 5.74) is 1.39. The summed E-state index contributed by atoms with van der Waals surface area (Å²) in [4.78, 5) is 4.39. The van der Waals surface area contributed by atoms with Crippen molar-refractivity contribution in [3.05, 3.63) is 68.1 Å². The van der Waals surface area contributed by atoms with Crippen LogP contribution in [0, 0.1) is 17.1 Å². The highest BCUT2D eigenvalue weighted by Crippen LogP contribution is 2.47. The molecule has 2 heterocycles. The van der Waals surface area contributed by atoms with Gasteiger partial charge >= 0.3 is 0 Å². The minimum atomic E-state index is -1.16. The summed E-state index contributed by atoms with van der Waals surface area (Å²) in [6.07, 6.45) is 4.13. The van der Waals surface area contributed by atoms with E-state index in [9.17, 15) is 9.50 Å². The Kier molecular flexibility index (Phi) is 6.46. The number of benzene rings is 2. The Morgan fingerprint density at radius 2 is 1.92 bits per heavy atom. The number of nitrogens with zero attached hydrogens (tertiary/aromatic N) is 3. The molecule has 4 aromatic rings. The second kappa shape index (κ2) is 9.64. The van der Waals surface area contributed by atoms with Crippen LogP contribution >= 0.6 is 34.5 Å². The van der Waals surface area contributed by atoms with Crippen molar-refractivity contribution in [3.8, 4) is 17.3 Å². The molecule has 2 saturated carbocycles. The van der Waals surface area contributed by atoms with E-state index in [1.54, 1.807) is 24.3 Å². The number of hydrogen-bond acceptors (Lipinski definition) is 7. The van der Waals surface area contributed by atoms with Crippen LogP contribution < -0.4 is 0 Å². The van der Waals surface area contributed by atoms with Crippen LogP contribution in [0.1, 0.15) is 66.3 Å². The Hall–Kier alpha value is -2.54. The maximum absolute atomic E-state index is 14.4. The molecule has 1 N–H and O–H groups in total. The summed E-state index contributed by atoms with van der Waals surface area (Å²) in [5, 5.41) is 26.3. The molecule has 2 aromatic heterocycles. The summed E-state index contributed by atoms with van der Waals surface area (Å²) < 4.78 is 27.0. The van der Waals surface area contributed by atoms with Gasteiger partial charge in [-0.2, -0.15) is 5.26 Å². The van der Waals surface area contributed by atoms with E-state index in [4.69, 9.17) is 37.7 Å². The first-order valence-electron chi connectivity index (χ1n) is 12.1. The predicted molar refractivity (Wildman–Crippen MR) is 139 cm³/mol. The van der Waals surface area contributed by atoms with Gasteiger partial charge in [-0.25, -0.2) is 9.37 Å². The molecule has 0 spiro atoms. The molecule has 0 amide bonds. The van der Waals surface area contributed by atoms with Crippen molar-refractivity contribution in [2.45, 2.75) is 62.8 Å². The normalized spacial score (nSPS) is 21.9. The van der Waals surface area contributed by atoms with Crippen LogP contribution in [0.25, 0.3) is 21.5 Å². The van der Waals surface area contributed by atoms with Gasteiger partial charge in [-0.05, 0) is 62.8 Å². The van der Waals surface area contributed by atoms with Crippen LogP contribution in [-0.2, 0) is 16.9 Å². The SMILES string of the molecule is N#Cc1cc(F)c2nc(C3(O)CCC(OCc4c(-c5c(Cl)cccc5Cl)noc4C4CC4)CC3)sc2c1. The number of halogens is 3. The third-order valence-electron chi connectivity index (χ3n) is 7.17. The van der Waals surface area contributed by atoms with Gasteiger partial charge in [0.25, 0.3) is 0 Å². The Labute approximate surface area is 226 Å². The minimum absolute atomic E-state index is 0.0758. The molecule has 37 heavy (non-hydrogen) atoms. The number of nitriles is 1. The molecular formula is C27H22Cl2FN3O3S. The summed E-state index contributed by atoms with van der Waals surface area (Å²) in [6, 6.07) is 10.1. The predicted octanol–water partition coefficient (Wildman–Crippen LogP) is 7.49. The average molecular weight is 558 g/mol. The highest BCUT2D eigenvalue weighted by Gasteiger charge is 2.39. The monoisotopic (exact) mass is 557 g/mol. The molecule has 2 aliphatic carbocycles. The van der Waals surface area contributed by atoms with Gasteiger partial charge in [-0.3, -0.25) is 0 Å². The Morgan fingerprint density at radius 1 is 1.19 bits per heavy atom. The molecule has 6 rings (SSSR count). The van der Waals surface area contributed by atoms with Crippen LogP contribution in [0.3, 0.4) is 0 Å². The Morgan fingerprint density at radius 3 is 2.59 bits per heavy atom. The number of rotatable bonds is 6. The molecule has 0 atom stereocenters. The Bertz CT molecular complexity index is 1510. The van der Waals surface area contributed by atoms with Gasteiger partial charge in [0.1, 0.15) is 27.6 Å². The number of aromatic nitrogens is 2. The van der Waals surface area contributed by atoms with Gasteiger partial charge in [0.2, 0.25) is 0 Å². The lowest BCUT2D eigenvalue weighted by Gasteiger charge is -2.34. The number of thiazole rings is 1. The summed E-state index contributed by atoms with van der Waals surface area (Å²) in [6.45, 7) is 0.304. The molecule has 2 aromatic carbocycles. The van der Waals surface area contributed by atoms with Crippen molar-refractivity contribution in [2.75, 3.05) is 0 Å². The van der Waals surface area contributed by atoms with E-state index < -0.39 is 11.4 Å². The van der Waals surface area contributed by atoms with E-state index >= 15 is 0 Å². The van der Waals surface area contributed by atoms with Gasteiger partial charge in [0.05, 0.1) is 39.1 Å². The van der Waals surface area contributed by atoms with E-state index in [0.717, 1.165) is 24.2 Å². The van der Waals surface area contributed by atoms with Crippen molar-refractivity contribution in [2.24, 2.45) is 0 Å². The van der Waals surface area contributed by atoms with E-state index in [-0.39, 0.29) is 17.2 Å². The van der Waals surface area contributed by atoms with Gasteiger partial charge in [0.15, 0.2) is 5.82 Å². The topological polar surface area (TPSA) is 92.2 Å². The molecule has 0 bridgehead atoms. The Balaban J connectivity index is 1.18. The lowest BCUT2D eigenvalue weighted by atomic mass is 9.83. The molecule has 10 heteroatoms. The quantitative estimate of drug-likeness (QED) is 0.264. The average Bonchev–Trinajstić information content (AvgIpc) is 3.49. The lowest BCUT2D eigenvalue weighted by molar-refractivity contribution is -0.0641. The first-order chi connectivity index (χ1) is 17.9. The fraction of sp³-hybridized carbons (Fsp3) is 0.370. The van der Waals surface area contributed by atoms with E-state index in [2.05, 4.69) is 10.1 Å². The summed E-state index contributed by atoms with van der Waals surface area (Å²) >= 11 is 14.1. The van der Waals surface area contributed by atoms with Gasteiger partial charge < -0.3 is 14.4 Å². The van der Waals surface area contributed by atoms with Crippen molar-refractivity contribution in [3.63, 3.8) is 0 Å². The molecule has 2 aliphatic rings.